The lowest BCUT2D eigenvalue weighted by Gasteiger charge is -2.24. The fourth-order valence-electron chi connectivity index (χ4n) is 4.61. The molecule has 0 fully saturated rings. The third-order valence-electron chi connectivity index (χ3n) is 7.55. The van der Waals surface area contributed by atoms with Crippen LogP contribution in [-0.2, 0) is 23.1 Å². The SMILES string of the molecule is CCCC/C=C\CCCCCCCCOC[C@H](COP(=O)(O)OCC[N+](C)(C)C)OCCCCCCCC/C=C\CCCC. The van der Waals surface area contributed by atoms with Crippen LogP contribution in [-0.4, -0.2) is 76.2 Å². The van der Waals surface area contributed by atoms with Crippen LogP contribution in [0.4, 0.5) is 0 Å². The monoisotopic (exact) mass is 647 g/mol. The van der Waals surface area contributed by atoms with E-state index in [0.717, 1.165) is 25.7 Å². The van der Waals surface area contributed by atoms with Crippen molar-refractivity contribution in [3.63, 3.8) is 0 Å². The van der Waals surface area contributed by atoms with Gasteiger partial charge in [0.15, 0.2) is 0 Å². The molecule has 1 unspecified atom stereocenters. The molecule has 8 heteroatoms. The highest BCUT2D eigenvalue weighted by Crippen LogP contribution is 2.43. The van der Waals surface area contributed by atoms with Gasteiger partial charge in [0, 0.05) is 13.2 Å². The van der Waals surface area contributed by atoms with E-state index in [1.807, 2.05) is 21.1 Å². The number of ether oxygens (including phenoxy) is 2. The zero-order valence-corrected chi connectivity index (χ0v) is 30.5. The van der Waals surface area contributed by atoms with Gasteiger partial charge in [-0.15, -0.1) is 0 Å². The third-order valence-corrected chi connectivity index (χ3v) is 8.54. The van der Waals surface area contributed by atoms with Crippen molar-refractivity contribution in [2.75, 3.05) is 60.7 Å². The lowest BCUT2D eigenvalue weighted by molar-refractivity contribution is -0.870. The first-order valence-electron chi connectivity index (χ1n) is 18.1. The minimum absolute atomic E-state index is 0.0170. The van der Waals surface area contributed by atoms with Crippen molar-refractivity contribution in [1.29, 1.82) is 0 Å². The number of nitrogens with zero attached hydrogens (tertiary/aromatic N) is 1. The Hall–Kier alpha value is -0.530. The Morgan fingerprint density at radius 2 is 1.05 bits per heavy atom. The summed E-state index contributed by atoms with van der Waals surface area (Å²) in [6.07, 6.45) is 33.3. The summed E-state index contributed by atoms with van der Waals surface area (Å²) in [5.74, 6) is 0. The second-order valence-corrected chi connectivity index (χ2v) is 14.7. The first-order chi connectivity index (χ1) is 21.2. The zero-order valence-electron chi connectivity index (χ0n) is 29.7. The topological polar surface area (TPSA) is 74.2 Å². The minimum atomic E-state index is -4.13. The van der Waals surface area contributed by atoms with Gasteiger partial charge >= 0.3 is 7.82 Å². The van der Waals surface area contributed by atoms with Crippen LogP contribution in [0.25, 0.3) is 0 Å². The Bertz CT molecular complexity index is 709. The Balaban J connectivity index is 4.19. The van der Waals surface area contributed by atoms with Crippen LogP contribution in [0, 0.1) is 0 Å². The van der Waals surface area contributed by atoms with Crippen molar-refractivity contribution in [3.8, 4) is 0 Å². The van der Waals surface area contributed by atoms with Crippen molar-refractivity contribution in [2.24, 2.45) is 0 Å². The molecule has 1 N–H and O–H groups in total. The minimum Gasteiger partial charge on any atom is -0.379 e. The summed E-state index contributed by atoms with van der Waals surface area (Å²) in [6.45, 7) is 6.85. The van der Waals surface area contributed by atoms with Crippen molar-refractivity contribution >= 4 is 7.82 Å². The van der Waals surface area contributed by atoms with Gasteiger partial charge in [-0.05, 0) is 51.4 Å². The van der Waals surface area contributed by atoms with Gasteiger partial charge in [-0.3, -0.25) is 9.05 Å². The maximum atomic E-state index is 12.4. The number of hydrogen-bond donors (Lipinski definition) is 1. The summed E-state index contributed by atoms with van der Waals surface area (Å²) in [5.41, 5.74) is 0. The number of unbranched alkanes of at least 4 members (excludes halogenated alkanes) is 16. The quantitative estimate of drug-likeness (QED) is 0.0325. The summed E-state index contributed by atoms with van der Waals surface area (Å²) in [6, 6.07) is 0. The van der Waals surface area contributed by atoms with E-state index in [2.05, 4.69) is 38.2 Å². The molecule has 44 heavy (non-hydrogen) atoms. The van der Waals surface area contributed by atoms with Gasteiger partial charge in [0.1, 0.15) is 19.3 Å². The Kier molecular flexibility index (Phi) is 30.7. The van der Waals surface area contributed by atoms with Crippen molar-refractivity contribution < 1.29 is 32.5 Å². The molecule has 0 rings (SSSR count). The molecule has 0 amide bonds. The standard InChI is InChI=1S/C36H72NO6P/c1-6-8-10-12-14-16-18-20-22-24-26-28-31-40-34-36(35-43-44(38,39)42-33-30-37(3,4)5)41-32-29-27-25-23-21-19-17-15-13-11-9-7-2/h12-15,36H,6-11,16-35H2,1-5H3/p+1/b14-12-,15-13-/t36-/m1/s1. The van der Waals surface area contributed by atoms with Gasteiger partial charge in [-0.1, -0.05) is 115 Å². The van der Waals surface area contributed by atoms with Crippen LogP contribution < -0.4 is 0 Å². The van der Waals surface area contributed by atoms with E-state index in [4.69, 9.17) is 18.5 Å². The number of allylic oxidation sites excluding steroid dienone is 4. The molecule has 0 radical (unpaired) electrons. The fraction of sp³-hybridized carbons (Fsp3) is 0.889. The van der Waals surface area contributed by atoms with E-state index in [9.17, 15) is 9.46 Å². The molecule has 0 aromatic rings. The number of quaternary nitrogens is 1. The van der Waals surface area contributed by atoms with Gasteiger partial charge in [0.05, 0.1) is 34.4 Å². The van der Waals surface area contributed by atoms with Crippen LogP contribution in [0.15, 0.2) is 24.3 Å². The lowest BCUT2D eigenvalue weighted by Crippen LogP contribution is -2.37. The molecule has 0 aromatic carbocycles. The lowest BCUT2D eigenvalue weighted by atomic mass is 10.1. The van der Waals surface area contributed by atoms with Crippen LogP contribution >= 0.6 is 7.82 Å². The highest BCUT2D eigenvalue weighted by atomic mass is 31.2. The van der Waals surface area contributed by atoms with E-state index in [1.165, 1.54) is 103 Å². The van der Waals surface area contributed by atoms with Crippen molar-refractivity contribution in [2.45, 2.75) is 148 Å². The molecule has 2 atom stereocenters. The zero-order chi connectivity index (χ0) is 32.6. The van der Waals surface area contributed by atoms with Crippen LogP contribution in [0.2, 0.25) is 0 Å². The van der Waals surface area contributed by atoms with Gasteiger partial charge in [-0.25, -0.2) is 4.57 Å². The average molecular weight is 647 g/mol. The molecular formula is C36H73NO6P+. The first-order valence-corrected chi connectivity index (χ1v) is 19.6. The first kappa shape index (κ1) is 43.5. The molecule has 7 nitrogen and oxygen atoms in total. The number of rotatable bonds is 34. The van der Waals surface area contributed by atoms with E-state index in [-0.39, 0.29) is 19.3 Å². The summed E-state index contributed by atoms with van der Waals surface area (Å²) >= 11 is 0. The van der Waals surface area contributed by atoms with Crippen LogP contribution in [0.5, 0.6) is 0 Å². The maximum absolute atomic E-state index is 12.4. The normalized spacial score (nSPS) is 14.6. The Morgan fingerprint density at radius 3 is 1.55 bits per heavy atom. The summed E-state index contributed by atoms with van der Waals surface area (Å²) in [4.78, 5) is 10.1. The van der Waals surface area contributed by atoms with E-state index in [0.29, 0.717) is 30.8 Å². The molecule has 0 aliphatic carbocycles. The Labute approximate surface area is 273 Å². The van der Waals surface area contributed by atoms with E-state index >= 15 is 0 Å². The van der Waals surface area contributed by atoms with Crippen LogP contribution in [0.1, 0.15) is 142 Å². The van der Waals surface area contributed by atoms with Gasteiger partial charge in [-0.2, -0.15) is 0 Å². The summed E-state index contributed by atoms with van der Waals surface area (Å²) in [7, 11) is 1.89. The molecule has 0 aliphatic rings. The molecule has 0 saturated carbocycles. The molecule has 0 saturated heterocycles. The summed E-state index contributed by atoms with van der Waals surface area (Å²) < 4.78 is 35.5. The van der Waals surface area contributed by atoms with E-state index < -0.39 is 7.82 Å². The number of likely N-dealkylation sites (N-methyl/N-ethyl adjacent to an activating group) is 1. The average Bonchev–Trinajstić information content (AvgIpc) is 2.97. The number of hydrogen-bond acceptors (Lipinski definition) is 5. The van der Waals surface area contributed by atoms with Crippen molar-refractivity contribution in [1.82, 2.24) is 0 Å². The molecule has 262 valence electrons. The van der Waals surface area contributed by atoms with E-state index in [1.54, 1.807) is 0 Å². The Morgan fingerprint density at radius 1 is 0.591 bits per heavy atom. The van der Waals surface area contributed by atoms with Crippen LogP contribution in [0.3, 0.4) is 0 Å². The molecule has 0 aliphatic heterocycles. The smallest absolute Gasteiger partial charge is 0.379 e. The largest absolute Gasteiger partial charge is 0.472 e. The maximum Gasteiger partial charge on any atom is 0.472 e. The number of phosphoric ester groups is 1. The highest BCUT2D eigenvalue weighted by molar-refractivity contribution is 7.47. The van der Waals surface area contributed by atoms with Gasteiger partial charge in [0.25, 0.3) is 0 Å². The predicted molar refractivity (Wildman–Crippen MR) is 187 cm³/mol. The summed E-state index contributed by atoms with van der Waals surface area (Å²) in [5, 5.41) is 0. The molecule has 0 spiro atoms. The molecule has 0 aromatic heterocycles. The second-order valence-electron chi connectivity index (χ2n) is 13.2. The third kappa shape index (κ3) is 34.3. The second kappa shape index (κ2) is 31.1. The molecular weight excluding hydrogens is 573 g/mol. The molecule has 0 heterocycles. The van der Waals surface area contributed by atoms with Gasteiger partial charge < -0.3 is 18.9 Å². The van der Waals surface area contributed by atoms with Gasteiger partial charge in [0.2, 0.25) is 0 Å². The molecule has 0 bridgehead atoms. The van der Waals surface area contributed by atoms with Crippen molar-refractivity contribution in [3.05, 3.63) is 24.3 Å². The fourth-order valence-corrected chi connectivity index (χ4v) is 5.36. The highest BCUT2D eigenvalue weighted by Gasteiger charge is 2.25. The number of phosphoric acid groups is 1. The predicted octanol–water partition coefficient (Wildman–Crippen LogP) is 10.2.